The first-order chi connectivity index (χ1) is 10.3. The van der Waals surface area contributed by atoms with E-state index in [1.807, 2.05) is 25.2 Å². The van der Waals surface area contributed by atoms with Gasteiger partial charge < -0.3 is 15.5 Å². The van der Waals surface area contributed by atoms with E-state index in [-0.39, 0.29) is 0 Å². The highest BCUT2D eigenvalue weighted by molar-refractivity contribution is 6.32. The van der Waals surface area contributed by atoms with Crippen molar-refractivity contribution >= 4 is 28.8 Å². The number of hydrogen-bond donors (Lipinski definition) is 2. The second kappa shape index (κ2) is 6.18. The zero-order chi connectivity index (χ0) is 14.7. The molecule has 1 atom stereocenters. The minimum absolute atomic E-state index is 0.408. The molecule has 1 saturated heterocycles. The molecule has 0 spiro atoms. The Balaban J connectivity index is 1.71. The molecule has 1 aromatic carbocycles. The van der Waals surface area contributed by atoms with Gasteiger partial charge in [-0.2, -0.15) is 0 Å². The third-order valence-corrected chi connectivity index (χ3v) is 3.95. The quantitative estimate of drug-likeness (QED) is 0.851. The molecule has 1 aromatic heterocycles. The van der Waals surface area contributed by atoms with Crippen molar-refractivity contribution in [1.82, 2.24) is 9.97 Å². The van der Waals surface area contributed by atoms with Crippen molar-refractivity contribution in [2.45, 2.75) is 12.5 Å². The summed E-state index contributed by atoms with van der Waals surface area (Å²) in [4.78, 5) is 10.6. The van der Waals surface area contributed by atoms with Gasteiger partial charge in [-0.25, -0.2) is 9.97 Å². The van der Waals surface area contributed by atoms with Crippen molar-refractivity contribution in [2.75, 3.05) is 35.7 Å². The molecule has 0 bridgehead atoms. The average Bonchev–Trinajstić information content (AvgIpc) is 2.96. The summed E-state index contributed by atoms with van der Waals surface area (Å²) in [5.41, 5.74) is 1.94. The molecule has 0 aliphatic carbocycles. The van der Waals surface area contributed by atoms with Gasteiger partial charge in [0.1, 0.15) is 12.0 Å². The van der Waals surface area contributed by atoms with Crippen LogP contribution in [0.3, 0.4) is 0 Å². The summed E-state index contributed by atoms with van der Waals surface area (Å²) in [5.74, 6) is 0.870. The molecule has 2 aromatic rings. The number of nitrogens with zero attached hydrogens (tertiary/aromatic N) is 3. The standard InChI is InChI=1S/C15H18ClN5/c1-17-13-14(16)18-10-19-15(13)21-8-7-12(9-21)20-11-5-3-2-4-6-11/h2-6,10,12,17,20H,7-9H2,1H3. The lowest BCUT2D eigenvalue weighted by Gasteiger charge is -2.21. The van der Waals surface area contributed by atoms with Crippen LogP contribution < -0.4 is 15.5 Å². The minimum Gasteiger partial charge on any atom is -0.383 e. The molecule has 0 amide bonds. The Labute approximate surface area is 129 Å². The van der Waals surface area contributed by atoms with Crippen LogP contribution in [0.2, 0.25) is 5.15 Å². The summed E-state index contributed by atoms with van der Waals surface area (Å²) in [6, 6.07) is 10.7. The van der Waals surface area contributed by atoms with Crippen molar-refractivity contribution in [1.29, 1.82) is 0 Å². The number of halogens is 1. The van der Waals surface area contributed by atoms with Crippen molar-refractivity contribution < 1.29 is 0 Å². The van der Waals surface area contributed by atoms with Gasteiger partial charge in [-0.15, -0.1) is 0 Å². The molecule has 110 valence electrons. The zero-order valence-corrected chi connectivity index (χ0v) is 12.6. The largest absolute Gasteiger partial charge is 0.383 e. The van der Waals surface area contributed by atoms with Gasteiger partial charge in [-0.1, -0.05) is 29.8 Å². The SMILES string of the molecule is CNc1c(Cl)ncnc1N1CCC(Nc2ccccc2)C1. The first-order valence-corrected chi connectivity index (χ1v) is 7.40. The summed E-state index contributed by atoms with van der Waals surface area (Å²) >= 11 is 6.12. The molecule has 5 nitrogen and oxygen atoms in total. The molecule has 2 heterocycles. The Hall–Kier alpha value is -2.01. The van der Waals surface area contributed by atoms with Crippen LogP contribution in [0.25, 0.3) is 0 Å². The van der Waals surface area contributed by atoms with Crippen LogP contribution in [0.1, 0.15) is 6.42 Å². The second-order valence-corrected chi connectivity index (χ2v) is 5.41. The minimum atomic E-state index is 0.408. The summed E-state index contributed by atoms with van der Waals surface area (Å²) in [5, 5.41) is 7.10. The molecular formula is C15H18ClN5. The fraction of sp³-hybridized carbons (Fsp3) is 0.333. The summed E-state index contributed by atoms with van der Waals surface area (Å²) in [6.45, 7) is 1.85. The maximum absolute atomic E-state index is 6.12. The molecule has 0 radical (unpaired) electrons. The zero-order valence-electron chi connectivity index (χ0n) is 11.9. The lowest BCUT2D eigenvalue weighted by Crippen LogP contribution is -2.27. The number of nitrogens with one attached hydrogen (secondary N) is 2. The molecule has 1 aliphatic rings. The Morgan fingerprint density at radius 1 is 1.24 bits per heavy atom. The summed E-state index contributed by atoms with van der Waals surface area (Å²) in [6.07, 6.45) is 2.58. The number of aromatic nitrogens is 2. The lowest BCUT2D eigenvalue weighted by atomic mass is 10.2. The highest BCUT2D eigenvalue weighted by Crippen LogP contribution is 2.31. The molecule has 1 fully saturated rings. The van der Waals surface area contributed by atoms with E-state index >= 15 is 0 Å². The maximum atomic E-state index is 6.12. The van der Waals surface area contributed by atoms with Crippen LogP contribution in [0.15, 0.2) is 36.7 Å². The Kier molecular flexibility index (Phi) is 4.10. The van der Waals surface area contributed by atoms with Crippen LogP contribution in [-0.4, -0.2) is 36.1 Å². The average molecular weight is 304 g/mol. The van der Waals surface area contributed by atoms with Gasteiger partial charge >= 0.3 is 0 Å². The van der Waals surface area contributed by atoms with E-state index in [1.165, 1.54) is 6.33 Å². The van der Waals surface area contributed by atoms with E-state index in [0.717, 1.165) is 36.7 Å². The maximum Gasteiger partial charge on any atom is 0.157 e. The van der Waals surface area contributed by atoms with E-state index < -0.39 is 0 Å². The third-order valence-electron chi connectivity index (χ3n) is 3.66. The van der Waals surface area contributed by atoms with Crippen molar-refractivity contribution in [2.24, 2.45) is 0 Å². The Morgan fingerprint density at radius 2 is 2.05 bits per heavy atom. The van der Waals surface area contributed by atoms with Crippen LogP contribution in [-0.2, 0) is 0 Å². The molecule has 6 heteroatoms. The first kappa shape index (κ1) is 13.9. The van der Waals surface area contributed by atoms with E-state index in [2.05, 4.69) is 37.6 Å². The highest BCUT2D eigenvalue weighted by Gasteiger charge is 2.26. The van der Waals surface area contributed by atoms with Crippen LogP contribution in [0.4, 0.5) is 17.2 Å². The Morgan fingerprint density at radius 3 is 2.81 bits per heavy atom. The molecule has 3 rings (SSSR count). The topological polar surface area (TPSA) is 53.1 Å². The predicted octanol–water partition coefficient (Wildman–Crippen LogP) is 2.86. The van der Waals surface area contributed by atoms with Gasteiger partial charge in [0.05, 0.1) is 0 Å². The second-order valence-electron chi connectivity index (χ2n) is 5.06. The van der Waals surface area contributed by atoms with Crippen LogP contribution >= 0.6 is 11.6 Å². The molecule has 0 saturated carbocycles. The van der Waals surface area contributed by atoms with E-state index in [0.29, 0.717) is 11.2 Å². The van der Waals surface area contributed by atoms with Crippen LogP contribution in [0.5, 0.6) is 0 Å². The molecule has 2 N–H and O–H groups in total. The number of para-hydroxylation sites is 1. The number of anilines is 3. The predicted molar refractivity (Wildman–Crippen MR) is 87.3 cm³/mol. The summed E-state index contributed by atoms with van der Waals surface area (Å²) < 4.78 is 0. The molecule has 21 heavy (non-hydrogen) atoms. The molecule has 1 unspecified atom stereocenters. The molecular weight excluding hydrogens is 286 g/mol. The van der Waals surface area contributed by atoms with Gasteiger partial charge in [0, 0.05) is 31.9 Å². The van der Waals surface area contributed by atoms with Gasteiger partial charge in [-0.3, -0.25) is 0 Å². The van der Waals surface area contributed by atoms with Crippen LogP contribution in [0, 0.1) is 0 Å². The van der Waals surface area contributed by atoms with Gasteiger partial charge in [-0.05, 0) is 18.6 Å². The van der Waals surface area contributed by atoms with Crippen molar-refractivity contribution in [3.05, 3.63) is 41.8 Å². The first-order valence-electron chi connectivity index (χ1n) is 7.02. The fourth-order valence-corrected chi connectivity index (χ4v) is 2.87. The number of hydrogen-bond acceptors (Lipinski definition) is 5. The fourth-order valence-electron chi connectivity index (χ4n) is 2.65. The van der Waals surface area contributed by atoms with E-state index in [4.69, 9.17) is 11.6 Å². The van der Waals surface area contributed by atoms with Gasteiger partial charge in [0.2, 0.25) is 0 Å². The lowest BCUT2D eigenvalue weighted by molar-refractivity contribution is 0.806. The summed E-state index contributed by atoms with van der Waals surface area (Å²) in [7, 11) is 1.84. The number of rotatable bonds is 4. The monoisotopic (exact) mass is 303 g/mol. The number of benzene rings is 1. The normalized spacial score (nSPS) is 17.8. The van der Waals surface area contributed by atoms with Crippen molar-refractivity contribution in [3.8, 4) is 0 Å². The Bertz CT molecular complexity index is 604. The van der Waals surface area contributed by atoms with Crippen molar-refractivity contribution in [3.63, 3.8) is 0 Å². The smallest absolute Gasteiger partial charge is 0.157 e. The van der Waals surface area contributed by atoms with Gasteiger partial charge in [0.15, 0.2) is 11.0 Å². The highest BCUT2D eigenvalue weighted by atomic mass is 35.5. The molecule has 1 aliphatic heterocycles. The van der Waals surface area contributed by atoms with Gasteiger partial charge in [0.25, 0.3) is 0 Å². The van der Waals surface area contributed by atoms with E-state index in [9.17, 15) is 0 Å². The van der Waals surface area contributed by atoms with E-state index in [1.54, 1.807) is 0 Å². The third kappa shape index (κ3) is 3.03.